The maximum Gasteiger partial charge on any atom is 0.160 e. The van der Waals surface area contributed by atoms with E-state index in [1.54, 1.807) is 18.7 Å². The van der Waals surface area contributed by atoms with Crippen molar-refractivity contribution >= 4 is 33.5 Å². The Bertz CT molecular complexity index is 576. The largest absolute Gasteiger partial charge is 0.294 e. The molecule has 92 valence electrons. The van der Waals surface area contributed by atoms with Crippen molar-refractivity contribution in [1.82, 2.24) is 0 Å². The highest BCUT2D eigenvalue weighted by Crippen LogP contribution is 2.31. The number of aryl methyl sites for hydroxylation is 1. The highest BCUT2D eigenvalue weighted by Gasteiger charge is 2.06. The molecule has 0 unspecified atom stereocenters. The normalized spacial score (nSPS) is 10.4. The van der Waals surface area contributed by atoms with Crippen LogP contribution < -0.4 is 0 Å². The molecule has 2 aromatic carbocycles. The molecule has 3 heteroatoms. The van der Waals surface area contributed by atoms with Gasteiger partial charge in [-0.25, -0.2) is 0 Å². The van der Waals surface area contributed by atoms with Crippen LogP contribution in [0, 0.1) is 6.92 Å². The molecule has 0 bridgehead atoms. The molecular weight excluding hydrogens is 308 g/mol. The number of hydrogen-bond donors (Lipinski definition) is 0. The average molecular weight is 321 g/mol. The molecule has 0 fully saturated rings. The highest BCUT2D eigenvalue weighted by molar-refractivity contribution is 9.10. The number of benzene rings is 2. The molecule has 0 atom stereocenters. The van der Waals surface area contributed by atoms with Crippen LogP contribution in [0.25, 0.3) is 0 Å². The first-order valence-electron chi connectivity index (χ1n) is 5.61. The minimum absolute atomic E-state index is 0.0776. The minimum Gasteiger partial charge on any atom is -0.294 e. The first kappa shape index (κ1) is 13.4. The molecule has 0 radical (unpaired) electrons. The molecule has 2 aromatic rings. The zero-order valence-corrected chi connectivity index (χ0v) is 12.6. The Morgan fingerprint density at radius 1 is 1.06 bits per heavy atom. The summed E-state index contributed by atoms with van der Waals surface area (Å²) < 4.78 is 0.854. The number of carbonyl (C=O) groups excluding carboxylic acids is 1. The molecule has 0 N–H and O–H groups in total. The van der Waals surface area contributed by atoms with Crippen molar-refractivity contribution in [3.8, 4) is 0 Å². The number of Topliss-reactive ketones (excluding diaryl/α,β-unsaturated/α-hetero) is 1. The van der Waals surface area contributed by atoms with Gasteiger partial charge < -0.3 is 0 Å². The fourth-order valence-electron chi connectivity index (χ4n) is 1.59. The second-order valence-electron chi connectivity index (χ2n) is 4.11. The van der Waals surface area contributed by atoms with Gasteiger partial charge in [0.15, 0.2) is 5.78 Å². The fourth-order valence-corrected chi connectivity index (χ4v) is 3.25. The molecule has 2 rings (SSSR count). The molecule has 0 aliphatic rings. The Labute approximate surface area is 120 Å². The van der Waals surface area contributed by atoms with Crippen molar-refractivity contribution in [2.75, 3.05) is 0 Å². The van der Waals surface area contributed by atoms with Crippen LogP contribution in [0.15, 0.2) is 56.7 Å². The van der Waals surface area contributed by atoms with Crippen LogP contribution in [0.4, 0.5) is 0 Å². The summed E-state index contributed by atoms with van der Waals surface area (Å²) in [6.07, 6.45) is 0. The van der Waals surface area contributed by atoms with Crippen LogP contribution >= 0.6 is 27.7 Å². The minimum atomic E-state index is 0.0776. The van der Waals surface area contributed by atoms with E-state index in [1.807, 2.05) is 18.2 Å². The number of ketones is 1. The Hall–Kier alpha value is -1.06. The predicted molar refractivity (Wildman–Crippen MR) is 79.4 cm³/mol. The van der Waals surface area contributed by atoms with Crippen molar-refractivity contribution in [3.63, 3.8) is 0 Å². The number of halogens is 1. The van der Waals surface area contributed by atoms with E-state index in [2.05, 4.69) is 47.1 Å². The topological polar surface area (TPSA) is 17.1 Å². The van der Waals surface area contributed by atoms with Crippen LogP contribution in [0.3, 0.4) is 0 Å². The summed E-state index contributed by atoms with van der Waals surface area (Å²) in [5, 5.41) is 0. The molecule has 0 spiro atoms. The first-order chi connectivity index (χ1) is 8.56. The zero-order chi connectivity index (χ0) is 13.1. The lowest BCUT2D eigenvalue weighted by molar-refractivity contribution is 0.101. The molecule has 0 amide bonds. The van der Waals surface area contributed by atoms with Crippen LogP contribution in [0.2, 0.25) is 0 Å². The monoisotopic (exact) mass is 320 g/mol. The maximum atomic E-state index is 11.3. The molecule has 1 nitrogen and oxygen atoms in total. The summed E-state index contributed by atoms with van der Waals surface area (Å²) in [7, 11) is 0. The van der Waals surface area contributed by atoms with Gasteiger partial charge in [-0.2, -0.15) is 0 Å². The zero-order valence-electron chi connectivity index (χ0n) is 10.2. The lowest BCUT2D eigenvalue weighted by Gasteiger charge is -2.05. The number of carbonyl (C=O) groups is 1. The number of hydrogen-bond acceptors (Lipinski definition) is 2. The van der Waals surface area contributed by atoms with Crippen LogP contribution in [-0.4, -0.2) is 5.78 Å². The van der Waals surface area contributed by atoms with Gasteiger partial charge >= 0.3 is 0 Å². The lowest BCUT2D eigenvalue weighted by atomic mass is 10.1. The second-order valence-corrected chi connectivity index (χ2v) is 6.11. The Morgan fingerprint density at radius 2 is 1.67 bits per heavy atom. The summed E-state index contributed by atoms with van der Waals surface area (Å²) >= 11 is 5.13. The van der Waals surface area contributed by atoms with Gasteiger partial charge in [0.2, 0.25) is 0 Å². The maximum absolute atomic E-state index is 11.3. The van der Waals surface area contributed by atoms with Gasteiger partial charge in [-0.05, 0) is 44.2 Å². The Kier molecular flexibility index (Phi) is 4.25. The average Bonchev–Trinajstić information content (AvgIpc) is 2.32. The summed E-state index contributed by atoms with van der Waals surface area (Å²) in [5.41, 5.74) is 1.98. The van der Waals surface area contributed by atoms with Crippen molar-refractivity contribution in [1.29, 1.82) is 0 Å². The number of rotatable bonds is 3. The van der Waals surface area contributed by atoms with Crippen LogP contribution in [-0.2, 0) is 0 Å². The van der Waals surface area contributed by atoms with E-state index in [4.69, 9.17) is 0 Å². The van der Waals surface area contributed by atoms with Gasteiger partial charge in [0.1, 0.15) is 0 Å². The molecule has 0 aromatic heterocycles. The summed E-state index contributed by atoms with van der Waals surface area (Å²) in [4.78, 5) is 13.7. The third-order valence-electron chi connectivity index (χ3n) is 2.58. The van der Waals surface area contributed by atoms with Gasteiger partial charge in [0.25, 0.3) is 0 Å². The summed E-state index contributed by atoms with van der Waals surface area (Å²) in [6.45, 7) is 3.65. The van der Waals surface area contributed by atoms with Gasteiger partial charge in [-0.3, -0.25) is 4.79 Å². The molecule has 0 aliphatic carbocycles. The fraction of sp³-hybridized carbons (Fsp3) is 0.133. The standard InChI is InChI=1S/C15H13BrOS/c1-10-3-5-12(6-4-10)18-13-7-8-14(11(2)17)15(16)9-13/h3-9H,1-2H3. The Morgan fingerprint density at radius 3 is 2.22 bits per heavy atom. The van der Waals surface area contributed by atoms with Gasteiger partial charge in [-0.1, -0.05) is 45.4 Å². The predicted octanol–water partition coefficient (Wildman–Crippen LogP) is 5.11. The smallest absolute Gasteiger partial charge is 0.160 e. The SMILES string of the molecule is CC(=O)c1ccc(Sc2ccc(C)cc2)cc1Br. The summed E-state index contributed by atoms with van der Waals surface area (Å²) in [5.74, 6) is 0.0776. The highest BCUT2D eigenvalue weighted by atomic mass is 79.9. The quantitative estimate of drug-likeness (QED) is 0.731. The lowest BCUT2D eigenvalue weighted by Crippen LogP contribution is -1.93. The molecule has 0 aliphatic heterocycles. The van der Waals surface area contributed by atoms with Gasteiger partial charge in [0.05, 0.1) is 0 Å². The Balaban J connectivity index is 2.22. The van der Waals surface area contributed by atoms with Crippen LogP contribution in [0.1, 0.15) is 22.8 Å². The van der Waals surface area contributed by atoms with Crippen molar-refractivity contribution in [3.05, 3.63) is 58.1 Å². The van der Waals surface area contributed by atoms with E-state index in [0.29, 0.717) is 0 Å². The van der Waals surface area contributed by atoms with E-state index in [0.717, 1.165) is 14.9 Å². The second kappa shape index (κ2) is 5.72. The molecule has 0 saturated heterocycles. The molecular formula is C15H13BrOS. The van der Waals surface area contributed by atoms with Crippen molar-refractivity contribution in [2.24, 2.45) is 0 Å². The van der Waals surface area contributed by atoms with E-state index in [-0.39, 0.29) is 5.78 Å². The first-order valence-corrected chi connectivity index (χ1v) is 7.22. The third kappa shape index (κ3) is 3.24. The summed E-state index contributed by atoms with van der Waals surface area (Å²) in [6, 6.07) is 14.2. The third-order valence-corrected chi connectivity index (χ3v) is 4.23. The van der Waals surface area contributed by atoms with Crippen molar-refractivity contribution in [2.45, 2.75) is 23.6 Å². The van der Waals surface area contributed by atoms with E-state index in [9.17, 15) is 4.79 Å². The van der Waals surface area contributed by atoms with E-state index < -0.39 is 0 Å². The molecule has 18 heavy (non-hydrogen) atoms. The molecule has 0 saturated carbocycles. The van der Waals surface area contributed by atoms with E-state index >= 15 is 0 Å². The van der Waals surface area contributed by atoms with E-state index in [1.165, 1.54) is 10.5 Å². The van der Waals surface area contributed by atoms with Gasteiger partial charge in [0, 0.05) is 19.8 Å². The van der Waals surface area contributed by atoms with Crippen LogP contribution in [0.5, 0.6) is 0 Å². The van der Waals surface area contributed by atoms with Crippen molar-refractivity contribution < 1.29 is 4.79 Å². The molecule has 0 heterocycles. The van der Waals surface area contributed by atoms with Gasteiger partial charge in [-0.15, -0.1) is 0 Å².